The molecule has 0 radical (unpaired) electrons. The van der Waals surface area contributed by atoms with Crippen LogP contribution in [0.3, 0.4) is 0 Å². The average Bonchev–Trinajstić information content (AvgIpc) is 2.23. The molecule has 0 aromatic heterocycles. The summed E-state index contributed by atoms with van der Waals surface area (Å²) in [6.45, 7) is 11.3. The van der Waals surface area contributed by atoms with Gasteiger partial charge in [0.1, 0.15) is 6.10 Å². The molecule has 0 N–H and O–H groups in total. The zero-order valence-electron chi connectivity index (χ0n) is 11.7. The zero-order valence-corrected chi connectivity index (χ0v) is 13.1. The van der Waals surface area contributed by atoms with Crippen molar-refractivity contribution in [2.24, 2.45) is 5.92 Å². The molecule has 0 saturated heterocycles. The van der Waals surface area contributed by atoms with Gasteiger partial charge in [-0.15, -0.1) is 6.42 Å². The first-order chi connectivity index (χ1) is 7.44. The summed E-state index contributed by atoms with van der Waals surface area (Å²) in [4.78, 5) is 0. The van der Waals surface area contributed by atoms with E-state index >= 15 is 0 Å². The highest BCUT2D eigenvalue weighted by molar-refractivity contribution is 6.32. The van der Waals surface area contributed by atoms with Crippen molar-refractivity contribution in [3.8, 4) is 12.3 Å². The molecule has 0 aromatic rings. The van der Waals surface area contributed by atoms with Gasteiger partial charge in [-0.2, -0.15) is 0 Å². The molecule has 0 aliphatic rings. The lowest BCUT2D eigenvalue weighted by Crippen LogP contribution is -2.26. The Kier molecular flexibility index (Phi) is 7.79. The minimum atomic E-state index is -0.543. The molecule has 94 valence electrons. The minimum Gasteiger partial charge on any atom is -0.410 e. The van der Waals surface area contributed by atoms with Gasteiger partial charge in [0.25, 0.3) is 0 Å². The fourth-order valence-corrected chi connectivity index (χ4v) is 2.50. The van der Waals surface area contributed by atoms with E-state index in [0.717, 1.165) is 6.42 Å². The molecule has 0 spiro atoms. The maximum Gasteiger partial charge on any atom is 0.169 e. The summed E-state index contributed by atoms with van der Waals surface area (Å²) >= 11 is 0. The van der Waals surface area contributed by atoms with Crippen LogP contribution in [-0.4, -0.2) is 15.9 Å². The predicted octanol–water partition coefficient (Wildman–Crippen LogP) is 3.52. The molecule has 0 bridgehead atoms. The molecule has 0 heterocycles. The van der Waals surface area contributed by atoms with E-state index in [1.807, 2.05) is 0 Å². The van der Waals surface area contributed by atoms with Crippen LogP contribution in [0.1, 0.15) is 60.3 Å². The highest BCUT2D eigenvalue weighted by atomic mass is 28.2. The Balaban J connectivity index is 3.92. The van der Waals surface area contributed by atoms with Crippen molar-refractivity contribution in [1.82, 2.24) is 0 Å². The quantitative estimate of drug-likeness (QED) is 0.358. The summed E-state index contributed by atoms with van der Waals surface area (Å²) in [6, 6.07) is 0. The first-order valence-electron chi connectivity index (χ1n) is 6.51. The molecule has 0 saturated carbocycles. The Morgan fingerprint density at radius 1 is 1.31 bits per heavy atom. The van der Waals surface area contributed by atoms with Crippen molar-refractivity contribution in [1.29, 1.82) is 0 Å². The maximum absolute atomic E-state index is 5.97. The molecule has 2 heteroatoms. The number of unbranched alkanes of at least 4 members (excludes halogenated alkanes) is 2. The van der Waals surface area contributed by atoms with E-state index in [1.165, 1.54) is 19.3 Å². The Labute approximate surface area is 104 Å². The van der Waals surface area contributed by atoms with Gasteiger partial charge in [0.2, 0.25) is 0 Å². The van der Waals surface area contributed by atoms with Crippen molar-refractivity contribution >= 4 is 9.76 Å². The molecule has 0 fully saturated rings. The van der Waals surface area contributed by atoms with E-state index in [0.29, 0.717) is 11.0 Å². The van der Waals surface area contributed by atoms with Gasteiger partial charge < -0.3 is 4.43 Å². The van der Waals surface area contributed by atoms with Crippen LogP contribution in [0.2, 0.25) is 5.04 Å². The van der Waals surface area contributed by atoms with Crippen molar-refractivity contribution < 1.29 is 4.43 Å². The summed E-state index contributed by atoms with van der Waals surface area (Å²) in [6.07, 6.45) is 10.3. The summed E-state index contributed by atoms with van der Waals surface area (Å²) in [5.74, 6) is 3.46. The SMILES string of the molecule is C#CC(CCCCC)O[SiH2]C(C)(C)C(C)C. The smallest absolute Gasteiger partial charge is 0.169 e. The van der Waals surface area contributed by atoms with E-state index in [4.69, 9.17) is 10.8 Å². The Hall–Kier alpha value is -0.263. The van der Waals surface area contributed by atoms with Crippen molar-refractivity contribution in [2.45, 2.75) is 71.4 Å². The summed E-state index contributed by atoms with van der Waals surface area (Å²) < 4.78 is 5.97. The first kappa shape index (κ1) is 15.7. The highest BCUT2D eigenvalue weighted by Crippen LogP contribution is 2.33. The lowest BCUT2D eigenvalue weighted by Gasteiger charge is -2.29. The lowest BCUT2D eigenvalue weighted by atomic mass is 9.99. The van der Waals surface area contributed by atoms with Gasteiger partial charge in [0.15, 0.2) is 9.76 Å². The second-order valence-corrected chi connectivity index (χ2v) is 8.05. The van der Waals surface area contributed by atoms with E-state index in [-0.39, 0.29) is 6.10 Å². The molecule has 0 aliphatic carbocycles. The molecule has 0 aromatic carbocycles. The lowest BCUT2D eigenvalue weighted by molar-refractivity contribution is 0.235. The van der Waals surface area contributed by atoms with E-state index in [1.54, 1.807) is 0 Å². The fraction of sp³-hybridized carbons (Fsp3) is 0.857. The van der Waals surface area contributed by atoms with Crippen LogP contribution in [0.4, 0.5) is 0 Å². The third kappa shape index (κ3) is 6.35. The van der Waals surface area contributed by atoms with Gasteiger partial charge in [0.05, 0.1) is 0 Å². The van der Waals surface area contributed by atoms with Crippen LogP contribution in [-0.2, 0) is 4.43 Å². The molecular formula is C14H28OSi. The molecule has 16 heavy (non-hydrogen) atoms. The van der Waals surface area contributed by atoms with Crippen LogP contribution in [0.15, 0.2) is 0 Å². The minimum absolute atomic E-state index is 0.0660. The molecule has 1 nitrogen and oxygen atoms in total. The van der Waals surface area contributed by atoms with Gasteiger partial charge in [-0.05, 0) is 23.8 Å². The van der Waals surface area contributed by atoms with Gasteiger partial charge in [-0.1, -0.05) is 53.4 Å². The zero-order chi connectivity index (χ0) is 12.6. The van der Waals surface area contributed by atoms with E-state index < -0.39 is 9.76 Å². The summed E-state index contributed by atoms with van der Waals surface area (Å²) in [5, 5.41) is 0.347. The Morgan fingerprint density at radius 3 is 2.38 bits per heavy atom. The molecular weight excluding hydrogens is 212 g/mol. The Morgan fingerprint density at radius 2 is 1.94 bits per heavy atom. The predicted molar refractivity (Wildman–Crippen MR) is 75.3 cm³/mol. The Bertz CT molecular complexity index is 215. The van der Waals surface area contributed by atoms with Gasteiger partial charge in [-0.25, -0.2) is 0 Å². The van der Waals surface area contributed by atoms with Crippen LogP contribution in [0, 0.1) is 18.3 Å². The first-order valence-corrected chi connectivity index (χ1v) is 7.80. The number of terminal acetylenes is 1. The standard InChI is InChI=1S/C14H28OSi/c1-7-9-10-11-13(8-2)15-16-14(5,6)12(3)4/h2,12-13H,7,9-11,16H2,1,3-6H3. The van der Waals surface area contributed by atoms with Gasteiger partial charge in [-0.3, -0.25) is 0 Å². The molecule has 1 atom stereocenters. The maximum atomic E-state index is 5.97. The second-order valence-electron chi connectivity index (χ2n) is 5.61. The van der Waals surface area contributed by atoms with Crippen LogP contribution in [0.5, 0.6) is 0 Å². The molecule has 1 unspecified atom stereocenters. The number of hydrogen-bond acceptors (Lipinski definition) is 1. The van der Waals surface area contributed by atoms with E-state index in [9.17, 15) is 0 Å². The van der Waals surface area contributed by atoms with E-state index in [2.05, 4.69) is 40.5 Å². The molecule has 0 amide bonds. The fourth-order valence-electron chi connectivity index (χ4n) is 1.28. The number of rotatable bonds is 8. The summed E-state index contributed by atoms with van der Waals surface area (Å²) in [5.41, 5.74) is 0. The van der Waals surface area contributed by atoms with Crippen molar-refractivity contribution in [3.05, 3.63) is 0 Å². The van der Waals surface area contributed by atoms with Crippen LogP contribution in [0.25, 0.3) is 0 Å². The number of hydrogen-bond donors (Lipinski definition) is 0. The van der Waals surface area contributed by atoms with Crippen molar-refractivity contribution in [3.63, 3.8) is 0 Å². The molecule has 0 rings (SSSR count). The van der Waals surface area contributed by atoms with Crippen LogP contribution >= 0.6 is 0 Å². The van der Waals surface area contributed by atoms with Crippen LogP contribution < -0.4 is 0 Å². The second kappa shape index (κ2) is 7.92. The van der Waals surface area contributed by atoms with Gasteiger partial charge in [0, 0.05) is 0 Å². The topological polar surface area (TPSA) is 9.23 Å². The third-order valence-corrected chi connectivity index (χ3v) is 5.60. The van der Waals surface area contributed by atoms with Crippen molar-refractivity contribution in [2.75, 3.05) is 0 Å². The van der Waals surface area contributed by atoms with Gasteiger partial charge >= 0.3 is 0 Å². The largest absolute Gasteiger partial charge is 0.410 e. The molecule has 0 aliphatic heterocycles. The third-order valence-electron chi connectivity index (χ3n) is 3.48. The normalized spacial score (nSPS) is 14.6. The summed E-state index contributed by atoms with van der Waals surface area (Å²) in [7, 11) is -0.543. The average molecular weight is 240 g/mol. The highest BCUT2D eigenvalue weighted by Gasteiger charge is 2.24. The monoisotopic (exact) mass is 240 g/mol.